The summed E-state index contributed by atoms with van der Waals surface area (Å²) < 4.78 is 10.8. The molecule has 1 rings (SSSR count). The molecule has 1 aromatic heterocycles. The largest absolute Gasteiger partial charge is 0.470 e. The number of nitrogens with zero attached hydrogens (tertiary/aromatic N) is 3. The Morgan fingerprint density at radius 3 is 2.45 bits per heavy atom. The van der Waals surface area contributed by atoms with E-state index in [1.54, 1.807) is 14.0 Å². The van der Waals surface area contributed by atoms with Crippen LogP contribution in [0.1, 0.15) is 26.5 Å². The Hall–Kier alpha value is -1.96. The standard InChI is InChI=1S/C12H20N4O4/c1-8-9(16(17)18)10(15-11(13-5)14-8)19-6-7-20-12(2,3)4/h6-7H2,1-5H3,(H,13,14,15). The van der Waals surface area contributed by atoms with Crippen molar-refractivity contribution in [2.75, 3.05) is 25.6 Å². The van der Waals surface area contributed by atoms with Crippen molar-refractivity contribution >= 4 is 11.6 Å². The zero-order valence-electron chi connectivity index (χ0n) is 12.4. The Bertz CT molecular complexity index is 485. The molecule has 8 heteroatoms. The summed E-state index contributed by atoms with van der Waals surface area (Å²) in [6, 6.07) is 0. The molecule has 0 saturated heterocycles. The molecule has 0 fully saturated rings. The first-order valence-electron chi connectivity index (χ1n) is 6.22. The summed E-state index contributed by atoms with van der Waals surface area (Å²) in [5.41, 5.74) is -0.256. The predicted molar refractivity (Wildman–Crippen MR) is 74.2 cm³/mol. The van der Waals surface area contributed by atoms with Crippen molar-refractivity contribution in [3.63, 3.8) is 0 Å². The molecule has 0 aliphatic rings. The number of ether oxygens (including phenoxy) is 2. The van der Waals surface area contributed by atoms with E-state index in [4.69, 9.17) is 9.47 Å². The van der Waals surface area contributed by atoms with Gasteiger partial charge in [-0.25, -0.2) is 4.98 Å². The van der Waals surface area contributed by atoms with Gasteiger partial charge in [-0.15, -0.1) is 0 Å². The molecular formula is C12H20N4O4. The molecule has 1 N–H and O–H groups in total. The average Bonchev–Trinajstić information content (AvgIpc) is 2.32. The number of nitro groups is 1. The summed E-state index contributed by atoms with van der Waals surface area (Å²) in [6.45, 7) is 7.80. The fraction of sp³-hybridized carbons (Fsp3) is 0.667. The maximum Gasteiger partial charge on any atom is 0.352 e. The van der Waals surface area contributed by atoms with Crippen molar-refractivity contribution in [3.05, 3.63) is 15.8 Å². The Kier molecular flexibility index (Phi) is 5.20. The highest BCUT2D eigenvalue weighted by Gasteiger charge is 2.23. The molecular weight excluding hydrogens is 264 g/mol. The van der Waals surface area contributed by atoms with Crippen molar-refractivity contribution in [1.82, 2.24) is 9.97 Å². The normalized spacial score (nSPS) is 11.2. The maximum absolute atomic E-state index is 11.0. The van der Waals surface area contributed by atoms with Gasteiger partial charge in [0.15, 0.2) is 0 Å². The van der Waals surface area contributed by atoms with Gasteiger partial charge in [0, 0.05) is 7.05 Å². The zero-order chi connectivity index (χ0) is 15.3. The van der Waals surface area contributed by atoms with Gasteiger partial charge in [0.1, 0.15) is 12.3 Å². The lowest BCUT2D eigenvalue weighted by Gasteiger charge is -2.19. The van der Waals surface area contributed by atoms with Crippen LogP contribution in [-0.2, 0) is 4.74 Å². The summed E-state index contributed by atoms with van der Waals surface area (Å²) in [6.07, 6.45) is 0. The second-order valence-corrected chi connectivity index (χ2v) is 5.10. The number of aromatic nitrogens is 2. The van der Waals surface area contributed by atoms with E-state index in [0.717, 1.165) is 0 Å². The predicted octanol–water partition coefficient (Wildman–Crippen LogP) is 1.93. The van der Waals surface area contributed by atoms with Crippen LogP contribution in [0.15, 0.2) is 0 Å². The summed E-state index contributed by atoms with van der Waals surface area (Å²) in [7, 11) is 1.63. The SMILES string of the molecule is CNc1nc(C)c([N+](=O)[O-])c(OCCOC(C)(C)C)n1. The minimum atomic E-state index is -0.547. The first kappa shape index (κ1) is 16.1. The fourth-order valence-electron chi connectivity index (χ4n) is 1.45. The van der Waals surface area contributed by atoms with E-state index in [2.05, 4.69) is 15.3 Å². The van der Waals surface area contributed by atoms with Crippen LogP contribution in [0.5, 0.6) is 5.88 Å². The molecule has 0 atom stereocenters. The van der Waals surface area contributed by atoms with E-state index in [9.17, 15) is 10.1 Å². The molecule has 0 amide bonds. The van der Waals surface area contributed by atoms with Crippen molar-refractivity contribution < 1.29 is 14.4 Å². The Labute approximate surface area is 117 Å². The molecule has 0 unspecified atom stereocenters. The summed E-state index contributed by atoms with van der Waals surface area (Å²) in [4.78, 5) is 18.4. The lowest BCUT2D eigenvalue weighted by molar-refractivity contribution is -0.387. The number of hydrogen-bond acceptors (Lipinski definition) is 7. The molecule has 0 spiro atoms. The van der Waals surface area contributed by atoms with Crippen molar-refractivity contribution in [2.24, 2.45) is 0 Å². The molecule has 1 aromatic rings. The third kappa shape index (κ3) is 4.61. The molecule has 0 bridgehead atoms. The van der Waals surface area contributed by atoms with Gasteiger partial charge in [0.2, 0.25) is 5.95 Å². The summed E-state index contributed by atoms with van der Waals surface area (Å²) in [5, 5.41) is 13.8. The smallest absolute Gasteiger partial charge is 0.352 e. The Morgan fingerprint density at radius 2 is 1.95 bits per heavy atom. The lowest BCUT2D eigenvalue weighted by atomic mass is 10.2. The second kappa shape index (κ2) is 6.47. The van der Waals surface area contributed by atoms with Gasteiger partial charge in [-0.1, -0.05) is 0 Å². The van der Waals surface area contributed by atoms with Crippen LogP contribution >= 0.6 is 0 Å². The monoisotopic (exact) mass is 284 g/mol. The molecule has 8 nitrogen and oxygen atoms in total. The lowest BCUT2D eigenvalue weighted by Crippen LogP contribution is -2.22. The highest BCUT2D eigenvalue weighted by atomic mass is 16.6. The molecule has 0 aliphatic carbocycles. The van der Waals surface area contributed by atoms with Gasteiger partial charge in [0.25, 0.3) is 5.88 Å². The molecule has 1 heterocycles. The summed E-state index contributed by atoms with van der Waals surface area (Å²) >= 11 is 0. The van der Waals surface area contributed by atoms with Gasteiger partial charge in [-0.05, 0) is 27.7 Å². The quantitative estimate of drug-likeness (QED) is 0.484. The molecule has 0 aliphatic heterocycles. The van der Waals surface area contributed by atoms with E-state index in [0.29, 0.717) is 6.61 Å². The fourth-order valence-corrected chi connectivity index (χ4v) is 1.45. The highest BCUT2D eigenvalue weighted by molar-refractivity contribution is 5.48. The van der Waals surface area contributed by atoms with E-state index in [1.807, 2.05) is 20.8 Å². The maximum atomic E-state index is 11.0. The Balaban J connectivity index is 2.82. The number of nitrogens with one attached hydrogen (secondary N) is 1. The third-order valence-electron chi connectivity index (χ3n) is 2.29. The van der Waals surface area contributed by atoms with Crippen molar-refractivity contribution in [3.8, 4) is 5.88 Å². The number of aryl methyl sites for hydroxylation is 1. The molecule has 0 saturated carbocycles. The minimum absolute atomic E-state index is 0.0515. The molecule has 0 radical (unpaired) electrons. The molecule has 112 valence electrons. The van der Waals surface area contributed by atoms with Crippen LogP contribution in [0, 0.1) is 17.0 Å². The highest BCUT2D eigenvalue weighted by Crippen LogP contribution is 2.28. The van der Waals surface area contributed by atoms with Crippen LogP contribution in [0.25, 0.3) is 0 Å². The first-order valence-corrected chi connectivity index (χ1v) is 6.22. The van der Waals surface area contributed by atoms with Crippen LogP contribution in [0.2, 0.25) is 0 Å². The zero-order valence-corrected chi connectivity index (χ0v) is 12.4. The van der Waals surface area contributed by atoms with Gasteiger partial charge < -0.3 is 14.8 Å². The van der Waals surface area contributed by atoms with Gasteiger partial charge >= 0.3 is 5.69 Å². The van der Waals surface area contributed by atoms with Gasteiger partial charge in [-0.2, -0.15) is 4.98 Å². The number of hydrogen-bond donors (Lipinski definition) is 1. The summed E-state index contributed by atoms with van der Waals surface area (Å²) in [5.74, 6) is 0.226. The van der Waals surface area contributed by atoms with Crippen molar-refractivity contribution in [1.29, 1.82) is 0 Å². The molecule has 0 aromatic carbocycles. The van der Waals surface area contributed by atoms with E-state index < -0.39 is 4.92 Å². The van der Waals surface area contributed by atoms with E-state index in [-0.39, 0.29) is 35.4 Å². The minimum Gasteiger partial charge on any atom is -0.470 e. The van der Waals surface area contributed by atoms with Crippen molar-refractivity contribution in [2.45, 2.75) is 33.3 Å². The molecule has 20 heavy (non-hydrogen) atoms. The van der Waals surface area contributed by atoms with Crippen LogP contribution in [0.4, 0.5) is 11.6 Å². The average molecular weight is 284 g/mol. The van der Waals surface area contributed by atoms with Gasteiger partial charge in [0.05, 0.1) is 17.1 Å². The van der Waals surface area contributed by atoms with E-state index in [1.165, 1.54) is 0 Å². The van der Waals surface area contributed by atoms with Crippen LogP contribution in [0.3, 0.4) is 0 Å². The second-order valence-electron chi connectivity index (χ2n) is 5.10. The van der Waals surface area contributed by atoms with E-state index >= 15 is 0 Å². The topological polar surface area (TPSA) is 99.4 Å². The first-order chi connectivity index (χ1) is 9.24. The van der Waals surface area contributed by atoms with Crippen LogP contribution in [-0.4, -0.2) is 40.8 Å². The Morgan fingerprint density at radius 1 is 1.30 bits per heavy atom. The number of anilines is 1. The third-order valence-corrected chi connectivity index (χ3v) is 2.29. The number of rotatable bonds is 6. The van der Waals surface area contributed by atoms with Crippen LogP contribution < -0.4 is 10.1 Å². The van der Waals surface area contributed by atoms with Gasteiger partial charge in [-0.3, -0.25) is 10.1 Å².